The van der Waals surface area contributed by atoms with Crippen LogP contribution in [-0.2, 0) is 4.74 Å². The standard InChI is InChI=1S/C20H43NO2/c1-3-4-5-6-7-8-9-10-11-12-13-14-15-16-17-23-19-20(22)18-21-2/h20-22H,3-19H2,1-2H3. The molecule has 0 aromatic rings. The van der Waals surface area contributed by atoms with Crippen molar-refractivity contribution in [3.05, 3.63) is 0 Å². The largest absolute Gasteiger partial charge is 0.389 e. The van der Waals surface area contributed by atoms with Crippen LogP contribution in [0, 0.1) is 0 Å². The quantitative estimate of drug-likeness (QED) is 0.325. The third-order valence-electron chi connectivity index (χ3n) is 4.39. The molecule has 0 radical (unpaired) electrons. The summed E-state index contributed by atoms with van der Waals surface area (Å²) in [6.07, 6.45) is 19.0. The topological polar surface area (TPSA) is 41.5 Å². The van der Waals surface area contributed by atoms with E-state index in [2.05, 4.69) is 12.2 Å². The normalized spacial score (nSPS) is 12.7. The fourth-order valence-electron chi connectivity index (χ4n) is 2.91. The Kier molecular flexibility index (Phi) is 19.8. The summed E-state index contributed by atoms with van der Waals surface area (Å²) in [5.74, 6) is 0. The van der Waals surface area contributed by atoms with Crippen LogP contribution in [-0.4, -0.2) is 38.0 Å². The maximum absolute atomic E-state index is 9.48. The lowest BCUT2D eigenvalue weighted by atomic mass is 10.0. The predicted octanol–water partition coefficient (Wildman–Crippen LogP) is 5.06. The van der Waals surface area contributed by atoms with E-state index in [1.165, 1.54) is 83.5 Å². The molecule has 1 unspecified atom stereocenters. The summed E-state index contributed by atoms with van der Waals surface area (Å²) in [6.45, 7) is 4.14. The van der Waals surface area contributed by atoms with Crippen molar-refractivity contribution < 1.29 is 9.84 Å². The second-order valence-electron chi connectivity index (χ2n) is 6.88. The SMILES string of the molecule is CCCCCCCCCCCCCCCCOCC(O)CNC. The molecule has 0 fully saturated rings. The number of unbranched alkanes of at least 4 members (excludes halogenated alkanes) is 13. The van der Waals surface area contributed by atoms with Crippen LogP contribution < -0.4 is 5.32 Å². The Bertz CT molecular complexity index is 212. The van der Waals surface area contributed by atoms with Crippen LogP contribution in [0.15, 0.2) is 0 Å². The molecular weight excluding hydrogens is 286 g/mol. The molecule has 1 atom stereocenters. The number of hydrogen-bond acceptors (Lipinski definition) is 3. The van der Waals surface area contributed by atoms with Gasteiger partial charge < -0.3 is 15.2 Å². The lowest BCUT2D eigenvalue weighted by molar-refractivity contribution is 0.0363. The van der Waals surface area contributed by atoms with E-state index in [4.69, 9.17) is 4.74 Å². The van der Waals surface area contributed by atoms with Crippen LogP contribution in [0.1, 0.15) is 96.8 Å². The van der Waals surface area contributed by atoms with Gasteiger partial charge in [0.05, 0.1) is 12.7 Å². The highest BCUT2D eigenvalue weighted by Gasteiger charge is 2.01. The smallest absolute Gasteiger partial charge is 0.0897 e. The average Bonchev–Trinajstić information content (AvgIpc) is 2.54. The first-order chi connectivity index (χ1) is 11.3. The molecule has 0 aromatic carbocycles. The zero-order chi connectivity index (χ0) is 17.0. The maximum Gasteiger partial charge on any atom is 0.0897 e. The van der Waals surface area contributed by atoms with E-state index in [9.17, 15) is 5.11 Å². The van der Waals surface area contributed by atoms with Crippen molar-refractivity contribution in [2.24, 2.45) is 0 Å². The molecule has 0 aromatic heterocycles. The van der Waals surface area contributed by atoms with Crippen molar-refractivity contribution in [3.63, 3.8) is 0 Å². The second-order valence-corrected chi connectivity index (χ2v) is 6.88. The Hall–Kier alpha value is -0.120. The number of ether oxygens (including phenoxy) is 1. The van der Waals surface area contributed by atoms with Gasteiger partial charge in [-0.2, -0.15) is 0 Å². The van der Waals surface area contributed by atoms with E-state index < -0.39 is 0 Å². The van der Waals surface area contributed by atoms with Crippen LogP contribution in [0.4, 0.5) is 0 Å². The van der Waals surface area contributed by atoms with Gasteiger partial charge in [0.25, 0.3) is 0 Å². The number of hydrogen-bond donors (Lipinski definition) is 2. The van der Waals surface area contributed by atoms with Gasteiger partial charge in [0.1, 0.15) is 0 Å². The predicted molar refractivity (Wildman–Crippen MR) is 101 cm³/mol. The number of nitrogens with one attached hydrogen (secondary N) is 1. The first kappa shape index (κ1) is 22.9. The Morgan fingerprint density at radius 3 is 1.61 bits per heavy atom. The molecule has 0 aliphatic carbocycles. The van der Waals surface area contributed by atoms with Gasteiger partial charge in [-0.25, -0.2) is 0 Å². The van der Waals surface area contributed by atoms with Crippen LogP contribution in [0.25, 0.3) is 0 Å². The van der Waals surface area contributed by atoms with Crippen LogP contribution in [0.3, 0.4) is 0 Å². The molecule has 0 amide bonds. The van der Waals surface area contributed by atoms with Gasteiger partial charge in [-0.3, -0.25) is 0 Å². The third kappa shape index (κ3) is 19.8. The molecule has 0 saturated heterocycles. The fourth-order valence-corrected chi connectivity index (χ4v) is 2.91. The number of aliphatic hydroxyl groups excluding tert-OH is 1. The Morgan fingerprint density at radius 2 is 1.17 bits per heavy atom. The molecule has 0 aliphatic heterocycles. The third-order valence-corrected chi connectivity index (χ3v) is 4.39. The second kappa shape index (κ2) is 19.9. The molecule has 0 aliphatic rings. The van der Waals surface area contributed by atoms with Gasteiger partial charge in [0, 0.05) is 13.2 Å². The highest BCUT2D eigenvalue weighted by atomic mass is 16.5. The summed E-state index contributed by atoms with van der Waals surface area (Å²) in [5.41, 5.74) is 0. The van der Waals surface area contributed by atoms with Crippen LogP contribution in [0.5, 0.6) is 0 Å². The van der Waals surface area contributed by atoms with Gasteiger partial charge in [0.2, 0.25) is 0 Å². The lowest BCUT2D eigenvalue weighted by Crippen LogP contribution is -2.28. The number of aliphatic hydroxyl groups is 1. The summed E-state index contributed by atoms with van der Waals surface area (Å²) >= 11 is 0. The molecule has 0 saturated carbocycles. The minimum atomic E-state index is -0.369. The number of rotatable bonds is 19. The number of likely N-dealkylation sites (N-methyl/N-ethyl adjacent to an activating group) is 1. The molecule has 3 heteroatoms. The van der Waals surface area contributed by atoms with Gasteiger partial charge in [-0.1, -0.05) is 90.4 Å². The Morgan fingerprint density at radius 1 is 0.739 bits per heavy atom. The molecule has 0 spiro atoms. The van der Waals surface area contributed by atoms with E-state index in [-0.39, 0.29) is 6.10 Å². The monoisotopic (exact) mass is 329 g/mol. The van der Waals surface area contributed by atoms with Crippen LogP contribution in [0.2, 0.25) is 0 Å². The summed E-state index contributed by atoms with van der Waals surface area (Å²) in [5, 5.41) is 12.4. The first-order valence-electron chi connectivity index (χ1n) is 10.2. The van der Waals surface area contributed by atoms with Crippen LogP contribution >= 0.6 is 0 Å². The zero-order valence-electron chi connectivity index (χ0n) is 16.0. The van der Waals surface area contributed by atoms with Crippen molar-refractivity contribution in [1.82, 2.24) is 5.32 Å². The van der Waals surface area contributed by atoms with Crippen molar-refractivity contribution >= 4 is 0 Å². The molecule has 23 heavy (non-hydrogen) atoms. The Labute approximate surface area is 145 Å². The highest BCUT2D eigenvalue weighted by molar-refractivity contribution is 4.55. The average molecular weight is 330 g/mol. The lowest BCUT2D eigenvalue weighted by Gasteiger charge is -2.10. The van der Waals surface area contributed by atoms with Crippen molar-refractivity contribution in [2.75, 3.05) is 26.8 Å². The van der Waals surface area contributed by atoms with Gasteiger partial charge in [-0.05, 0) is 13.5 Å². The molecular formula is C20H43NO2. The summed E-state index contributed by atoms with van der Waals surface area (Å²) in [4.78, 5) is 0. The van der Waals surface area contributed by atoms with E-state index >= 15 is 0 Å². The van der Waals surface area contributed by atoms with E-state index in [1.807, 2.05) is 7.05 Å². The van der Waals surface area contributed by atoms with Crippen molar-refractivity contribution in [2.45, 2.75) is 103 Å². The fraction of sp³-hybridized carbons (Fsp3) is 1.00. The highest BCUT2D eigenvalue weighted by Crippen LogP contribution is 2.12. The minimum Gasteiger partial charge on any atom is -0.389 e. The summed E-state index contributed by atoms with van der Waals surface area (Å²) in [6, 6.07) is 0. The minimum absolute atomic E-state index is 0.369. The van der Waals surface area contributed by atoms with E-state index in [0.29, 0.717) is 13.2 Å². The molecule has 3 nitrogen and oxygen atoms in total. The molecule has 0 bridgehead atoms. The molecule has 0 rings (SSSR count). The molecule has 2 N–H and O–H groups in total. The van der Waals surface area contributed by atoms with Crippen molar-refractivity contribution in [3.8, 4) is 0 Å². The van der Waals surface area contributed by atoms with E-state index in [0.717, 1.165) is 13.0 Å². The summed E-state index contributed by atoms with van der Waals surface area (Å²) < 4.78 is 5.47. The molecule has 140 valence electrons. The zero-order valence-corrected chi connectivity index (χ0v) is 16.0. The van der Waals surface area contributed by atoms with E-state index in [1.54, 1.807) is 0 Å². The van der Waals surface area contributed by atoms with Gasteiger partial charge in [-0.15, -0.1) is 0 Å². The Balaban J connectivity index is 3.00. The van der Waals surface area contributed by atoms with Gasteiger partial charge in [0.15, 0.2) is 0 Å². The molecule has 0 heterocycles. The van der Waals surface area contributed by atoms with Crippen molar-refractivity contribution in [1.29, 1.82) is 0 Å². The summed E-state index contributed by atoms with van der Waals surface area (Å²) in [7, 11) is 1.84. The maximum atomic E-state index is 9.48. The van der Waals surface area contributed by atoms with Gasteiger partial charge >= 0.3 is 0 Å². The first-order valence-corrected chi connectivity index (χ1v) is 10.2.